The fourth-order valence-corrected chi connectivity index (χ4v) is 2.92. The number of rotatable bonds is 7. The molecule has 2 nitrogen and oxygen atoms in total. The topological polar surface area (TPSA) is 18.5 Å². The molecule has 0 spiro atoms. The molecule has 0 heterocycles. The van der Waals surface area contributed by atoms with Crippen molar-refractivity contribution in [1.29, 1.82) is 0 Å². The predicted molar refractivity (Wildman–Crippen MR) is 90.8 cm³/mol. The Hall–Kier alpha value is -1.48. The Morgan fingerprint density at radius 3 is 2.29 bits per heavy atom. The van der Waals surface area contributed by atoms with E-state index in [1.165, 1.54) is 11.1 Å². The van der Waals surface area contributed by atoms with E-state index in [1.54, 1.807) is 7.11 Å². The van der Waals surface area contributed by atoms with Crippen LogP contribution in [0.4, 0.5) is 0 Å². The molecule has 0 bridgehead atoms. The van der Waals surface area contributed by atoms with Crippen molar-refractivity contribution in [2.45, 2.75) is 19.3 Å². The Labute approximate surface area is 135 Å². The maximum atomic E-state index is 5.86. The second-order valence-corrected chi connectivity index (χ2v) is 5.70. The minimum Gasteiger partial charge on any atom is -0.493 e. The third kappa shape index (κ3) is 4.50. The monoisotopic (exact) mass is 348 g/mol. The largest absolute Gasteiger partial charge is 0.493 e. The van der Waals surface area contributed by atoms with Gasteiger partial charge < -0.3 is 9.47 Å². The van der Waals surface area contributed by atoms with Crippen molar-refractivity contribution in [1.82, 2.24) is 0 Å². The standard InChI is InChI=1S/C18H21BrO2/c1-14-7-9-15(10-8-14)16(13-19)11-12-21-18-6-4-3-5-17(18)20-2/h3-10,16H,11-13H2,1-2H3. The molecule has 0 fully saturated rings. The number of aryl methyl sites for hydroxylation is 1. The van der Waals surface area contributed by atoms with Crippen molar-refractivity contribution >= 4 is 15.9 Å². The van der Waals surface area contributed by atoms with Crippen molar-refractivity contribution in [3.05, 3.63) is 59.7 Å². The van der Waals surface area contributed by atoms with Crippen LogP contribution in [0.1, 0.15) is 23.5 Å². The maximum Gasteiger partial charge on any atom is 0.161 e. The van der Waals surface area contributed by atoms with Gasteiger partial charge in [0.05, 0.1) is 13.7 Å². The summed E-state index contributed by atoms with van der Waals surface area (Å²) in [5.41, 5.74) is 2.64. The van der Waals surface area contributed by atoms with E-state index < -0.39 is 0 Å². The van der Waals surface area contributed by atoms with E-state index in [0.717, 1.165) is 23.2 Å². The summed E-state index contributed by atoms with van der Waals surface area (Å²) >= 11 is 3.61. The van der Waals surface area contributed by atoms with Crippen molar-refractivity contribution in [3.63, 3.8) is 0 Å². The van der Waals surface area contributed by atoms with Gasteiger partial charge in [0.1, 0.15) is 0 Å². The number of halogens is 1. The van der Waals surface area contributed by atoms with Crippen LogP contribution in [-0.2, 0) is 0 Å². The Kier molecular flexibility index (Phi) is 6.12. The third-order valence-electron chi connectivity index (χ3n) is 3.53. The second kappa shape index (κ2) is 8.08. The molecule has 2 rings (SSSR count). The fourth-order valence-electron chi connectivity index (χ4n) is 2.22. The first-order valence-electron chi connectivity index (χ1n) is 7.13. The van der Waals surface area contributed by atoms with Gasteiger partial charge in [-0.05, 0) is 37.0 Å². The van der Waals surface area contributed by atoms with E-state index in [-0.39, 0.29) is 0 Å². The molecule has 0 amide bonds. The van der Waals surface area contributed by atoms with Gasteiger partial charge in [-0.15, -0.1) is 0 Å². The first kappa shape index (κ1) is 15.9. The van der Waals surface area contributed by atoms with Gasteiger partial charge in [-0.1, -0.05) is 57.9 Å². The molecule has 0 saturated heterocycles. The molecule has 0 saturated carbocycles. The van der Waals surface area contributed by atoms with Crippen LogP contribution >= 0.6 is 15.9 Å². The third-order valence-corrected chi connectivity index (χ3v) is 4.31. The van der Waals surface area contributed by atoms with Gasteiger partial charge in [0.15, 0.2) is 11.5 Å². The van der Waals surface area contributed by atoms with Crippen LogP contribution in [-0.4, -0.2) is 19.0 Å². The molecule has 0 aliphatic carbocycles. The first-order valence-corrected chi connectivity index (χ1v) is 8.25. The number of benzene rings is 2. The molecule has 1 atom stereocenters. The summed E-state index contributed by atoms with van der Waals surface area (Å²) < 4.78 is 11.2. The SMILES string of the molecule is COc1ccccc1OCCC(CBr)c1ccc(C)cc1. The molecule has 0 aromatic heterocycles. The van der Waals surface area contributed by atoms with Crippen molar-refractivity contribution in [3.8, 4) is 11.5 Å². The van der Waals surface area contributed by atoms with Gasteiger partial charge in [0, 0.05) is 5.33 Å². The molecule has 0 aliphatic rings. The summed E-state index contributed by atoms with van der Waals surface area (Å²) in [5, 5.41) is 0.936. The zero-order chi connectivity index (χ0) is 15.1. The fraction of sp³-hybridized carbons (Fsp3) is 0.333. The molecule has 3 heteroatoms. The number of hydrogen-bond acceptors (Lipinski definition) is 2. The molecule has 1 unspecified atom stereocenters. The van der Waals surface area contributed by atoms with Crippen LogP contribution in [0.25, 0.3) is 0 Å². The number of methoxy groups -OCH3 is 1. The predicted octanol–water partition coefficient (Wildman–Crippen LogP) is 4.95. The van der Waals surface area contributed by atoms with Crippen LogP contribution < -0.4 is 9.47 Å². The number of para-hydroxylation sites is 2. The summed E-state index contributed by atoms with van der Waals surface area (Å²) in [4.78, 5) is 0. The van der Waals surface area contributed by atoms with Gasteiger partial charge >= 0.3 is 0 Å². The molecule has 0 radical (unpaired) electrons. The van der Waals surface area contributed by atoms with E-state index in [1.807, 2.05) is 24.3 Å². The molecule has 2 aromatic rings. The lowest BCUT2D eigenvalue weighted by atomic mass is 9.97. The molecule has 0 aliphatic heterocycles. The van der Waals surface area contributed by atoms with Gasteiger partial charge in [-0.2, -0.15) is 0 Å². The van der Waals surface area contributed by atoms with Crippen LogP contribution in [0.2, 0.25) is 0 Å². The molecule has 112 valence electrons. The maximum absolute atomic E-state index is 5.86. The van der Waals surface area contributed by atoms with Crippen molar-refractivity contribution in [2.24, 2.45) is 0 Å². The van der Waals surface area contributed by atoms with Gasteiger partial charge in [-0.25, -0.2) is 0 Å². The van der Waals surface area contributed by atoms with Gasteiger partial charge in [-0.3, -0.25) is 0 Å². The average molecular weight is 349 g/mol. The quantitative estimate of drug-likeness (QED) is 0.659. The normalized spacial score (nSPS) is 12.0. The molecule has 0 N–H and O–H groups in total. The Bertz CT molecular complexity index is 551. The highest BCUT2D eigenvalue weighted by molar-refractivity contribution is 9.09. The average Bonchev–Trinajstić information content (AvgIpc) is 2.53. The minimum atomic E-state index is 0.459. The van der Waals surface area contributed by atoms with Crippen molar-refractivity contribution in [2.75, 3.05) is 19.0 Å². The van der Waals surface area contributed by atoms with Gasteiger partial charge in [0.2, 0.25) is 0 Å². The van der Waals surface area contributed by atoms with E-state index in [4.69, 9.17) is 9.47 Å². The van der Waals surface area contributed by atoms with Crippen LogP contribution in [0, 0.1) is 6.92 Å². The highest BCUT2D eigenvalue weighted by atomic mass is 79.9. The lowest BCUT2D eigenvalue weighted by molar-refractivity contribution is 0.282. The minimum absolute atomic E-state index is 0.459. The Morgan fingerprint density at radius 1 is 1.00 bits per heavy atom. The number of alkyl halides is 1. The highest BCUT2D eigenvalue weighted by Gasteiger charge is 2.11. The van der Waals surface area contributed by atoms with Crippen LogP contribution in [0.3, 0.4) is 0 Å². The Morgan fingerprint density at radius 2 is 1.67 bits per heavy atom. The first-order chi connectivity index (χ1) is 10.2. The number of ether oxygens (including phenoxy) is 2. The van der Waals surface area contributed by atoms with E-state index >= 15 is 0 Å². The van der Waals surface area contributed by atoms with E-state index in [2.05, 4.69) is 47.1 Å². The molecule has 21 heavy (non-hydrogen) atoms. The summed E-state index contributed by atoms with van der Waals surface area (Å²) in [6.07, 6.45) is 0.965. The Balaban J connectivity index is 1.93. The lowest BCUT2D eigenvalue weighted by Gasteiger charge is -2.16. The summed E-state index contributed by atoms with van der Waals surface area (Å²) in [6, 6.07) is 16.5. The summed E-state index contributed by atoms with van der Waals surface area (Å²) in [7, 11) is 1.66. The smallest absolute Gasteiger partial charge is 0.161 e. The van der Waals surface area contributed by atoms with Gasteiger partial charge in [0.25, 0.3) is 0 Å². The van der Waals surface area contributed by atoms with Crippen LogP contribution in [0.5, 0.6) is 11.5 Å². The highest BCUT2D eigenvalue weighted by Crippen LogP contribution is 2.27. The molecular weight excluding hydrogens is 328 g/mol. The number of hydrogen-bond donors (Lipinski definition) is 0. The second-order valence-electron chi connectivity index (χ2n) is 5.05. The van der Waals surface area contributed by atoms with Crippen molar-refractivity contribution < 1.29 is 9.47 Å². The lowest BCUT2D eigenvalue weighted by Crippen LogP contribution is -2.07. The molecule has 2 aromatic carbocycles. The molecular formula is C18H21BrO2. The summed E-state index contributed by atoms with van der Waals surface area (Å²) in [6.45, 7) is 2.78. The zero-order valence-electron chi connectivity index (χ0n) is 12.5. The van der Waals surface area contributed by atoms with E-state index in [9.17, 15) is 0 Å². The summed E-state index contributed by atoms with van der Waals surface area (Å²) in [5.74, 6) is 2.04. The zero-order valence-corrected chi connectivity index (χ0v) is 14.1. The van der Waals surface area contributed by atoms with E-state index in [0.29, 0.717) is 12.5 Å². The van der Waals surface area contributed by atoms with Crippen LogP contribution in [0.15, 0.2) is 48.5 Å².